The summed E-state index contributed by atoms with van der Waals surface area (Å²) in [4.78, 5) is 2.72. The van der Waals surface area contributed by atoms with Crippen molar-refractivity contribution in [1.29, 1.82) is 0 Å². The summed E-state index contributed by atoms with van der Waals surface area (Å²) in [5, 5.41) is 13.1. The molecule has 0 atom stereocenters. The van der Waals surface area contributed by atoms with Crippen LogP contribution >= 0.6 is 15.9 Å². The lowest BCUT2D eigenvalue weighted by molar-refractivity contribution is 0.397. The van der Waals surface area contributed by atoms with Crippen molar-refractivity contribution in [2.24, 2.45) is 5.11 Å². The number of hydrogen-bond acceptors (Lipinski definition) is 4. The summed E-state index contributed by atoms with van der Waals surface area (Å²) < 4.78 is 6.05. The molecular formula is C10H8BrN5O. The molecule has 1 heterocycles. The highest BCUT2D eigenvalue weighted by Gasteiger charge is 2.09. The summed E-state index contributed by atoms with van der Waals surface area (Å²) in [6.07, 6.45) is 0. The van der Waals surface area contributed by atoms with Gasteiger partial charge in [0.25, 0.3) is 0 Å². The predicted molar refractivity (Wildman–Crippen MR) is 66.6 cm³/mol. The summed E-state index contributed by atoms with van der Waals surface area (Å²) in [6.45, 7) is 0.167. The Morgan fingerprint density at radius 1 is 1.41 bits per heavy atom. The maximum Gasteiger partial charge on any atom is 0.241 e. The summed E-state index contributed by atoms with van der Waals surface area (Å²) in [7, 11) is 1.54. The lowest BCUT2D eigenvalue weighted by Crippen LogP contribution is -1.97. The molecule has 0 N–H and O–H groups in total. The number of rotatable bonds is 3. The first-order chi connectivity index (χ1) is 8.26. The minimum atomic E-state index is 0.167. The Kier molecular flexibility index (Phi) is 3.41. The van der Waals surface area contributed by atoms with Crippen LogP contribution in [-0.2, 0) is 6.54 Å². The molecular weight excluding hydrogens is 286 g/mol. The minimum Gasteiger partial charge on any atom is -0.479 e. The predicted octanol–water partition coefficient (Wildman–Crippen LogP) is 3.21. The Morgan fingerprint density at radius 2 is 2.24 bits per heavy atom. The second kappa shape index (κ2) is 4.99. The molecule has 0 fully saturated rings. The Balaban J connectivity index is 2.69. The number of fused-ring (bicyclic) bond motifs is 1. The number of methoxy groups -OCH3 is 1. The molecule has 0 bridgehead atoms. The van der Waals surface area contributed by atoms with E-state index in [9.17, 15) is 0 Å². The first-order valence-electron chi connectivity index (χ1n) is 4.76. The van der Waals surface area contributed by atoms with E-state index in [1.165, 1.54) is 0 Å². The third-order valence-electron chi connectivity index (χ3n) is 2.26. The number of hydrogen-bond donors (Lipinski definition) is 0. The first kappa shape index (κ1) is 11.6. The van der Waals surface area contributed by atoms with E-state index < -0.39 is 0 Å². The zero-order valence-corrected chi connectivity index (χ0v) is 10.5. The van der Waals surface area contributed by atoms with E-state index in [1.54, 1.807) is 7.11 Å². The lowest BCUT2D eigenvalue weighted by atomic mass is 10.1. The van der Waals surface area contributed by atoms with Gasteiger partial charge in [-0.25, -0.2) is 0 Å². The SMILES string of the molecule is COc1nnc(CN=[N+]=[N-])c2cc(Br)ccc12. The van der Waals surface area contributed by atoms with Crippen LogP contribution < -0.4 is 4.74 Å². The van der Waals surface area contributed by atoms with Crippen molar-refractivity contribution in [3.05, 3.63) is 38.8 Å². The molecule has 0 aliphatic rings. The van der Waals surface area contributed by atoms with Crippen molar-refractivity contribution in [2.75, 3.05) is 7.11 Å². The van der Waals surface area contributed by atoms with Crippen molar-refractivity contribution in [1.82, 2.24) is 10.2 Å². The van der Waals surface area contributed by atoms with Gasteiger partial charge in [-0.3, -0.25) is 0 Å². The average molecular weight is 294 g/mol. The van der Waals surface area contributed by atoms with Gasteiger partial charge in [0.2, 0.25) is 5.88 Å². The van der Waals surface area contributed by atoms with Crippen LogP contribution in [-0.4, -0.2) is 17.3 Å². The van der Waals surface area contributed by atoms with Gasteiger partial charge < -0.3 is 4.74 Å². The molecule has 1 aromatic carbocycles. The fourth-order valence-electron chi connectivity index (χ4n) is 1.52. The second-order valence-electron chi connectivity index (χ2n) is 3.23. The van der Waals surface area contributed by atoms with Gasteiger partial charge in [-0.1, -0.05) is 21.0 Å². The zero-order chi connectivity index (χ0) is 12.3. The van der Waals surface area contributed by atoms with E-state index in [0.29, 0.717) is 11.6 Å². The Hall–Kier alpha value is -1.85. The highest BCUT2D eigenvalue weighted by Crippen LogP contribution is 2.27. The average Bonchev–Trinajstić information content (AvgIpc) is 2.35. The minimum absolute atomic E-state index is 0.167. The highest BCUT2D eigenvalue weighted by atomic mass is 79.9. The normalized spacial score (nSPS) is 10.0. The monoisotopic (exact) mass is 293 g/mol. The summed E-state index contributed by atoms with van der Waals surface area (Å²) >= 11 is 3.39. The van der Waals surface area contributed by atoms with Crippen LogP contribution in [0.5, 0.6) is 5.88 Å². The number of benzene rings is 1. The van der Waals surface area contributed by atoms with Crippen LogP contribution in [0.1, 0.15) is 5.69 Å². The lowest BCUT2D eigenvalue weighted by Gasteiger charge is -2.06. The van der Waals surface area contributed by atoms with Crippen LogP contribution in [0.3, 0.4) is 0 Å². The Labute approximate surface area is 105 Å². The highest BCUT2D eigenvalue weighted by molar-refractivity contribution is 9.10. The van der Waals surface area contributed by atoms with E-state index in [1.807, 2.05) is 18.2 Å². The van der Waals surface area contributed by atoms with Gasteiger partial charge in [0, 0.05) is 20.2 Å². The van der Waals surface area contributed by atoms with Crippen molar-refractivity contribution in [2.45, 2.75) is 6.54 Å². The number of azide groups is 1. The summed E-state index contributed by atoms with van der Waals surface area (Å²) in [5.41, 5.74) is 8.96. The molecule has 7 heteroatoms. The van der Waals surface area contributed by atoms with E-state index in [0.717, 1.165) is 15.2 Å². The van der Waals surface area contributed by atoms with E-state index >= 15 is 0 Å². The van der Waals surface area contributed by atoms with Gasteiger partial charge in [-0.05, 0) is 23.7 Å². The number of halogens is 1. The molecule has 0 radical (unpaired) electrons. The van der Waals surface area contributed by atoms with Crippen LogP contribution in [0.25, 0.3) is 21.2 Å². The van der Waals surface area contributed by atoms with Crippen molar-refractivity contribution in [3.8, 4) is 5.88 Å². The second-order valence-corrected chi connectivity index (χ2v) is 4.15. The molecule has 0 unspecified atom stereocenters. The van der Waals surface area contributed by atoms with Crippen LogP contribution in [0.4, 0.5) is 0 Å². The Morgan fingerprint density at radius 3 is 2.94 bits per heavy atom. The summed E-state index contributed by atoms with van der Waals surface area (Å²) in [5.74, 6) is 0.456. The molecule has 2 aromatic rings. The fourth-order valence-corrected chi connectivity index (χ4v) is 1.88. The van der Waals surface area contributed by atoms with E-state index in [4.69, 9.17) is 10.3 Å². The molecule has 17 heavy (non-hydrogen) atoms. The number of nitrogens with zero attached hydrogens (tertiary/aromatic N) is 5. The number of ether oxygens (including phenoxy) is 1. The quantitative estimate of drug-likeness (QED) is 0.495. The Bertz CT molecular complexity index is 609. The largest absolute Gasteiger partial charge is 0.479 e. The van der Waals surface area contributed by atoms with Gasteiger partial charge >= 0.3 is 0 Å². The molecule has 0 aliphatic carbocycles. The third-order valence-corrected chi connectivity index (χ3v) is 2.75. The molecule has 1 aromatic heterocycles. The molecule has 0 aliphatic heterocycles. The maximum absolute atomic E-state index is 8.33. The van der Waals surface area contributed by atoms with Crippen LogP contribution in [0, 0.1) is 0 Å². The standard InChI is InChI=1S/C10H8BrN5O/c1-17-10-7-3-2-6(11)4-8(7)9(14-15-10)5-13-16-12/h2-4H,5H2,1H3. The van der Waals surface area contributed by atoms with E-state index in [2.05, 4.69) is 36.2 Å². The van der Waals surface area contributed by atoms with Gasteiger partial charge in [-0.15, -0.1) is 5.10 Å². The number of aromatic nitrogens is 2. The molecule has 2 rings (SSSR count). The van der Waals surface area contributed by atoms with Crippen LogP contribution in [0.15, 0.2) is 27.8 Å². The topological polar surface area (TPSA) is 83.8 Å². The molecule has 0 saturated heterocycles. The zero-order valence-electron chi connectivity index (χ0n) is 8.96. The molecule has 6 nitrogen and oxygen atoms in total. The van der Waals surface area contributed by atoms with Gasteiger partial charge in [0.15, 0.2) is 0 Å². The van der Waals surface area contributed by atoms with Crippen molar-refractivity contribution in [3.63, 3.8) is 0 Å². The van der Waals surface area contributed by atoms with Crippen LogP contribution in [0.2, 0.25) is 0 Å². The molecule has 0 amide bonds. The smallest absolute Gasteiger partial charge is 0.241 e. The molecule has 86 valence electrons. The fraction of sp³-hybridized carbons (Fsp3) is 0.200. The molecule has 0 saturated carbocycles. The third kappa shape index (κ3) is 2.30. The van der Waals surface area contributed by atoms with Crippen molar-refractivity contribution >= 4 is 26.7 Å². The van der Waals surface area contributed by atoms with Gasteiger partial charge in [0.1, 0.15) is 0 Å². The molecule has 0 spiro atoms. The first-order valence-corrected chi connectivity index (χ1v) is 5.55. The van der Waals surface area contributed by atoms with Gasteiger partial charge in [-0.2, -0.15) is 5.10 Å². The van der Waals surface area contributed by atoms with E-state index in [-0.39, 0.29) is 6.54 Å². The summed E-state index contributed by atoms with van der Waals surface area (Å²) in [6, 6.07) is 5.67. The maximum atomic E-state index is 8.33. The van der Waals surface area contributed by atoms with Crippen molar-refractivity contribution < 1.29 is 4.74 Å². The van der Waals surface area contributed by atoms with Gasteiger partial charge in [0.05, 0.1) is 19.3 Å².